The SMILES string of the molecule is C=C.CCCCCCCCCCCC(N)=O.CCCCCCCCCCCC(N)=O. The molecule has 0 aliphatic heterocycles. The first kappa shape index (κ1) is 33.3. The molecule has 0 aliphatic rings. The van der Waals surface area contributed by atoms with Crippen LogP contribution in [0.1, 0.15) is 142 Å². The minimum absolute atomic E-state index is 0.159. The van der Waals surface area contributed by atoms with Gasteiger partial charge in [-0.15, -0.1) is 13.2 Å². The number of carbonyl (C=O) groups is 2. The van der Waals surface area contributed by atoms with Crippen LogP contribution in [0.5, 0.6) is 0 Å². The molecule has 0 bridgehead atoms. The summed E-state index contributed by atoms with van der Waals surface area (Å²) in [7, 11) is 0. The number of primary amides is 2. The molecule has 0 aromatic carbocycles. The molecule has 0 radical (unpaired) electrons. The second-order valence-corrected chi connectivity index (χ2v) is 8.09. The normalized spacial score (nSPS) is 9.80. The van der Waals surface area contributed by atoms with Gasteiger partial charge in [0.25, 0.3) is 0 Å². The second kappa shape index (κ2) is 32.3. The molecule has 180 valence electrons. The summed E-state index contributed by atoms with van der Waals surface area (Å²) in [5, 5.41) is 0. The van der Waals surface area contributed by atoms with Crippen molar-refractivity contribution in [2.75, 3.05) is 0 Å². The van der Waals surface area contributed by atoms with Gasteiger partial charge in [-0.05, 0) is 12.8 Å². The van der Waals surface area contributed by atoms with Gasteiger partial charge in [0.2, 0.25) is 11.8 Å². The number of rotatable bonds is 20. The van der Waals surface area contributed by atoms with E-state index in [0.717, 1.165) is 25.7 Å². The molecule has 0 heterocycles. The molecule has 0 saturated heterocycles. The number of hydrogen-bond acceptors (Lipinski definition) is 2. The van der Waals surface area contributed by atoms with E-state index in [9.17, 15) is 9.59 Å². The molecule has 0 aromatic rings. The van der Waals surface area contributed by atoms with Crippen molar-refractivity contribution in [2.24, 2.45) is 11.5 Å². The molecule has 0 saturated carbocycles. The van der Waals surface area contributed by atoms with Crippen molar-refractivity contribution >= 4 is 11.8 Å². The van der Waals surface area contributed by atoms with Gasteiger partial charge >= 0.3 is 0 Å². The number of carbonyl (C=O) groups excluding carboxylic acids is 2. The fourth-order valence-corrected chi connectivity index (χ4v) is 3.22. The molecule has 30 heavy (non-hydrogen) atoms. The summed E-state index contributed by atoms with van der Waals surface area (Å²) in [5.74, 6) is -0.319. The fourth-order valence-electron chi connectivity index (χ4n) is 3.22. The Morgan fingerprint density at radius 1 is 0.467 bits per heavy atom. The van der Waals surface area contributed by atoms with Gasteiger partial charge in [0, 0.05) is 12.8 Å². The van der Waals surface area contributed by atoms with Crippen LogP contribution in [0.25, 0.3) is 0 Å². The zero-order valence-corrected chi connectivity index (χ0v) is 20.5. The molecule has 0 unspecified atom stereocenters. The lowest BCUT2D eigenvalue weighted by atomic mass is 10.1. The van der Waals surface area contributed by atoms with E-state index in [1.165, 1.54) is 89.9 Å². The van der Waals surface area contributed by atoms with Crippen molar-refractivity contribution in [3.63, 3.8) is 0 Å². The van der Waals surface area contributed by atoms with Crippen molar-refractivity contribution < 1.29 is 9.59 Å². The number of unbranched alkanes of at least 4 members (excludes halogenated alkanes) is 16. The average molecular weight is 427 g/mol. The Bertz CT molecular complexity index is 314. The minimum Gasteiger partial charge on any atom is -0.370 e. The van der Waals surface area contributed by atoms with Crippen LogP contribution in [0.15, 0.2) is 13.2 Å². The van der Waals surface area contributed by atoms with Gasteiger partial charge < -0.3 is 11.5 Å². The Morgan fingerprint density at radius 3 is 0.867 bits per heavy atom. The molecule has 0 aromatic heterocycles. The van der Waals surface area contributed by atoms with Crippen molar-refractivity contribution in [1.29, 1.82) is 0 Å². The summed E-state index contributed by atoms with van der Waals surface area (Å²) in [5.41, 5.74) is 10.1. The summed E-state index contributed by atoms with van der Waals surface area (Å²) >= 11 is 0. The highest BCUT2D eigenvalue weighted by molar-refractivity contribution is 5.73. The maximum atomic E-state index is 10.4. The summed E-state index contributed by atoms with van der Waals surface area (Å²) in [4.78, 5) is 20.9. The van der Waals surface area contributed by atoms with Crippen molar-refractivity contribution in [3.05, 3.63) is 13.2 Å². The number of nitrogens with two attached hydrogens (primary N) is 2. The van der Waals surface area contributed by atoms with Crippen LogP contribution in [0.2, 0.25) is 0 Å². The second-order valence-electron chi connectivity index (χ2n) is 8.09. The van der Waals surface area contributed by atoms with E-state index in [0.29, 0.717) is 12.8 Å². The zero-order chi connectivity index (χ0) is 23.3. The summed E-state index contributed by atoms with van der Waals surface area (Å²) in [6.07, 6.45) is 24.2. The maximum absolute atomic E-state index is 10.4. The quantitative estimate of drug-likeness (QED) is 0.155. The molecule has 0 aliphatic carbocycles. The van der Waals surface area contributed by atoms with E-state index >= 15 is 0 Å². The lowest BCUT2D eigenvalue weighted by Gasteiger charge is -2.00. The molecule has 2 amide bonds. The molecule has 0 rings (SSSR count). The van der Waals surface area contributed by atoms with Crippen LogP contribution in [-0.2, 0) is 9.59 Å². The van der Waals surface area contributed by atoms with Crippen molar-refractivity contribution in [3.8, 4) is 0 Å². The van der Waals surface area contributed by atoms with Gasteiger partial charge in [-0.2, -0.15) is 0 Å². The molecule has 0 spiro atoms. The van der Waals surface area contributed by atoms with Gasteiger partial charge in [-0.3, -0.25) is 9.59 Å². The lowest BCUT2D eigenvalue weighted by Crippen LogP contribution is -2.09. The van der Waals surface area contributed by atoms with Crippen LogP contribution < -0.4 is 11.5 Å². The standard InChI is InChI=1S/2C12H25NO.C2H4/c2*1-2-3-4-5-6-7-8-9-10-11-12(13)14;1-2/h2*2-11H2,1H3,(H2,13,14);1-2H2. The Morgan fingerprint density at radius 2 is 0.667 bits per heavy atom. The highest BCUT2D eigenvalue weighted by atomic mass is 16.1. The van der Waals surface area contributed by atoms with Crippen LogP contribution in [0.3, 0.4) is 0 Å². The third-order valence-electron chi connectivity index (χ3n) is 5.05. The fraction of sp³-hybridized carbons (Fsp3) is 0.846. The predicted molar refractivity (Wildman–Crippen MR) is 133 cm³/mol. The van der Waals surface area contributed by atoms with Crippen molar-refractivity contribution in [1.82, 2.24) is 0 Å². The Labute approximate surface area is 188 Å². The number of amides is 2. The smallest absolute Gasteiger partial charge is 0.217 e. The molecule has 4 heteroatoms. The molecular formula is C26H54N2O2. The van der Waals surface area contributed by atoms with E-state index in [1.54, 1.807) is 0 Å². The Hall–Kier alpha value is -1.32. The first-order valence-electron chi connectivity index (χ1n) is 12.6. The van der Waals surface area contributed by atoms with Gasteiger partial charge in [-0.1, -0.05) is 117 Å². The highest BCUT2D eigenvalue weighted by Gasteiger charge is 1.95. The predicted octanol–water partition coefficient (Wildman–Crippen LogP) is 7.59. The third kappa shape index (κ3) is 41.1. The van der Waals surface area contributed by atoms with Crippen LogP contribution in [-0.4, -0.2) is 11.8 Å². The van der Waals surface area contributed by atoms with Gasteiger partial charge in [0.1, 0.15) is 0 Å². The highest BCUT2D eigenvalue weighted by Crippen LogP contribution is 2.11. The van der Waals surface area contributed by atoms with Crippen molar-refractivity contribution in [2.45, 2.75) is 142 Å². The van der Waals surface area contributed by atoms with Gasteiger partial charge in [0.05, 0.1) is 0 Å². The zero-order valence-electron chi connectivity index (χ0n) is 20.5. The molecular weight excluding hydrogens is 372 g/mol. The van der Waals surface area contributed by atoms with Crippen LogP contribution in [0.4, 0.5) is 0 Å². The Kier molecular flexibility index (Phi) is 35.9. The molecule has 4 N–H and O–H groups in total. The first-order chi connectivity index (χ1) is 14.5. The first-order valence-corrected chi connectivity index (χ1v) is 12.6. The molecule has 0 fully saturated rings. The van der Waals surface area contributed by atoms with Crippen LogP contribution in [0, 0.1) is 0 Å². The number of hydrogen-bond donors (Lipinski definition) is 2. The summed E-state index contributed by atoms with van der Waals surface area (Å²) < 4.78 is 0. The van der Waals surface area contributed by atoms with Crippen LogP contribution >= 0.6 is 0 Å². The van der Waals surface area contributed by atoms with E-state index < -0.39 is 0 Å². The van der Waals surface area contributed by atoms with E-state index in [1.807, 2.05) is 0 Å². The molecule has 0 atom stereocenters. The minimum atomic E-state index is -0.159. The van der Waals surface area contributed by atoms with E-state index in [4.69, 9.17) is 11.5 Å². The third-order valence-corrected chi connectivity index (χ3v) is 5.05. The maximum Gasteiger partial charge on any atom is 0.217 e. The van der Waals surface area contributed by atoms with Gasteiger partial charge in [0.15, 0.2) is 0 Å². The monoisotopic (exact) mass is 426 g/mol. The molecule has 4 nitrogen and oxygen atoms in total. The van der Waals surface area contributed by atoms with E-state index in [-0.39, 0.29) is 11.8 Å². The van der Waals surface area contributed by atoms with E-state index in [2.05, 4.69) is 27.0 Å². The lowest BCUT2D eigenvalue weighted by molar-refractivity contribution is -0.119. The Balaban J connectivity index is -0.000000448. The van der Waals surface area contributed by atoms with Gasteiger partial charge in [-0.25, -0.2) is 0 Å². The topological polar surface area (TPSA) is 86.2 Å². The summed E-state index contributed by atoms with van der Waals surface area (Å²) in [6, 6.07) is 0. The average Bonchev–Trinajstić information content (AvgIpc) is 2.73. The summed E-state index contributed by atoms with van der Waals surface area (Å²) in [6.45, 7) is 10.5. The largest absolute Gasteiger partial charge is 0.370 e.